The van der Waals surface area contributed by atoms with Crippen LogP contribution in [0.4, 0.5) is 0 Å². The van der Waals surface area contributed by atoms with E-state index in [2.05, 4.69) is 0 Å². The van der Waals surface area contributed by atoms with Gasteiger partial charge < -0.3 is 14.2 Å². The smallest absolute Gasteiger partial charge is 0.504 e. The molecule has 0 saturated heterocycles. The van der Waals surface area contributed by atoms with E-state index >= 15 is 0 Å². The third-order valence-electron chi connectivity index (χ3n) is 4.13. The summed E-state index contributed by atoms with van der Waals surface area (Å²) in [6.07, 6.45) is 0. The molecule has 2 rings (SSSR count). The number of phosphoric acid groups is 1. The Morgan fingerprint density at radius 1 is 0.889 bits per heavy atom. The Bertz CT molecular complexity index is 840. The highest BCUT2D eigenvalue weighted by molar-refractivity contribution is 7.48. The Kier molecular flexibility index (Phi) is 5.70. The number of hydrogen-bond donors (Lipinski definition) is 2. The number of aromatic hydroxyl groups is 1. The topological polar surface area (TPSA) is 76.0 Å². The molecule has 0 spiro atoms. The van der Waals surface area contributed by atoms with E-state index in [0.717, 1.165) is 16.7 Å². The first-order valence-corrected chi connectivity index (χ1v) is 10.4. The predicted molar refractivity (Wildman–Crippen MR) is 108 cm³/mol. The fraction of sp³-hybridized carbons (Fsp3) is 0.429. The number of phenols is 1. The first kappa shape index (κ1) is 21.3. The zero-order chi connectivity index (χ0) is 20.6. The SMILES string of the molecule is Cc1cc(C(C)(C)C)c(OP(=O)(O)Oc2ccccc2O)c(C(C)(C)C)c1. The number of phosphoric ester groups is 1. The van der Waals surface area contributed by atoms with Crippen molar-refractivity contribution in [2.24, 2.45) is 0 Å². The molecule has 0 amide bonds. The van der Waals surface area contributed by atoms with Gasteiger partial charge in [-0.25, -0.2) is 4.57 Å². The van der Waals surface area contributed by atoms with E-state index in [1.165, 1.54) is 12.1 Å². The second kappa shape index (κ2) is 7.21. The molecule has 0 radical (unpaired) electrons. The number of phenolic OH excluding ortho intramolecular Hbond substituents is 1. The van der Waals surface area contributed by atoms with Crippen molar-refractivity contribution in [3.63, 3.8) is 0 Å². The van der Waals surface area contributed by atoms with Crippen molar-refractivity contribution in [2.45, 2.75) is 59.3 Å². The maximum Gasteiger partial charge on any atom is 0.585 e. The summed E-state index contributed by atoms with van der Waals surface area (Å²) in [6.45, 7) is 14.1. The van der Waals surface area contributed by atoms with Crippen LogP contribution in [0.25, 0.3) is 0 Å². The third kappa shape index (κ3) is 5.27. The lowest BCUT2D eigenvalue weighted by atomic mass is 9.78. The first-order chi connectivity index (χ1) is 12.2. The predicted octanol–water partition coefficient (Wildman–Crippen LogP) is 5.85. The average Bonchev–Trinajstić information content (AvgIpc) is 2.48. The summed E-state index contributed by atoms with van der Waals surface area (Å²) in [6, 6.07) is 9.91. The van der Waals surface area contributed by atoms with Crippen molar-refractivity contribution in [1.29, 1.82) is 0 Å². The Hall–Kier alpha value is -1.97. The molecule has 0 bridgehead atoms. The highest BCUT2D eigenvalue weighted by Gasteiger charge is 2.34. The van der Waals surface area contributed by atoms with Gasteiger partial charge in [0.25, 0.3) is 0 Å². The monoisotopic (exact) mass is 392 g/mol. The molecule has 5 nitrogen and oxygen atoms in total. The van der Waals surface area contributed by atoms with E-state index in [9.17, 15) is 14.6 Å². The molecule has 2 aromatic rings. The van der Waals surface area contributed by atoms with Gasteiger partial charge in [-0.15, -0.1) is 0 Å². The van der Waals surface area contributed by atoms with Gasteiger partial charge in [-0.1, -0.05) is 71.4 Å². The first-order valence-electron chi connectivity index (χ1n) is 8.86. The number of benzene rings is 2. The van der Waals surface area contributed by atoms with Gasteiger partial charge in [-0.3, -0.25) is 4.89 Å². The van der Waals surface area contributed by atoms with Crippen LogP contribution in [0, 0.1) is 6.92 Å². The van der Waals surface area contributed by atoms with E-state index in [1.807, 2.05) is 60.6 Å². The van der Waals surface area contributed by atoms with Crippen LogP contribution >= 0.6 is 7.82 Å². The van der Waals surface area contributed by atoms with Crippen LogP contribution in [-0.4, -0.2) is 10.00 Å². The summed E-state index contributed by atoms with van der Waals surface area (Å²) in [5.41, 5.74) is 2.07. The van der Waals surface area contributed by atoms with Crippen molar-refractivity contribution >= 4 is 7.82 Å². The Balaban J connectivity index is 2.56. The summed E-state index contributed by atoms with van der Waals surface area (Å²) in [5, 5.41) is 9.83. The molecule has 0 aliphatic rings. The van der Waals surface area contributed by atoms with Gasteiger partial charge in [0.05, 0.1) is 0 Å². The van der Waals surface area contributed by atoms with Gasteiger partial charge >= 0.3 is 7.82 Å². The fourth-order valence-electron chi connectivity index (χ4n) is 2.78. The third-order valence-corrected chi connectivity index (χ3v) is 4.98. The van der Waals surface area contributed by atoms with Crippen molar-refractivity contribution in [2.75, 3.05) is 0 Å². The van der Waals surface area contributed by atoms with Gasteiger partial charge in [-0.2, -0.15) is 0 Å². The molecule has 1 atom stereocenters. The number of rotatable bonds is 4. The Labute approximate surface area is 161 Å². The molecule has 6 heteroatoms. The van der Waals surface area contributed by atoms with Crippen LogP contribution in [0.15, 0.2) is 36.4 Å². The number of hydrogen-bond acceptors (Lipinski definition) is 4. The highest BCUT2D eigenvalue weighted by Crippen LogP contribution is 2.51. The molecule has 0 aliphatic carbocycles. The lowest BCUT2D eigenvalue weighted by molar-refractivity contribution is 0.280. The van der Waals surface area contributed by atoms with E-state index < -0.39 is 7.82 Å². The van der Waals surface area contributed by atoms with Gasteiger partial charge in [0.2, 0.25) is 0 Å². The molecule has 0 aliphatic heterocycles. The normalized spacial score (nSPS) is 14.5. The van der Waals surface area contributed by atoms with Gasteiger partial charge in [0, 0.05) is 11.1 Å². The van der Waals surface area contributed by atoms with Gasteiger partial charge in [-0.05, 0) is 29.9 Å². The molecule has 0 aromatic heterocycles. The quantitative estimate of drug-likeness (QED) is 0.638. The minimum atomic E-state index is -4.53. The molecule has 1 unspecified atom stereocenters. The van der Waals surface area contributed by atoms with Crippen molar-refractivity contribution in [1.82, 2.24) is 0 Å². The summed E-state index contributed by atoms with van der Waals surface area (Å²) >= 11 is 0. The molecule has 27 heavy (non-hydrogen) atoms. The molecular weight excluding hydrogens is 363 g/mol. The Morgan fingerprint density at radius 3 is 1.81 bits per heavy atom. The summed E-state index contributed by atoms with van der Waals surface area (Å²) < 4.78 is 23.5. The van der Waals surface area contributed by atoms with Crippen LogP contribution in [0.1, 0.15) is 58.2 Å². The van der Waals surface area contributed by atoms with Crippen LogP contribution in [-0.2, 0) is 15.4 Å². The average molecular weight is 392 g/mol. The van der Waals surface area contributed by atoms with Crippen molar-refractivity contribution in [3.8, 4) is 17.2 Å². The molecule has 0 heterocycles. The van der Waals surface area contributed by atoms with Crippen LogP contribution < -0.4 is 9.05 Å². The lowest BCUT2D eigenvalue weighted by Gasteiger charge is -2.30. The van der Waals surface area contributed by atoms with Crippen molar-refractivity contribution < 1.29 is 23.6 Å². The number of para-hydroxylation sites is 2. The zero-order valence-electron chi connectivity index (χ0n) is 17.0. The zero-order valence-corrected chi connectivity index (χ0v) is 17.9. The summed E-state index contributed by atoms with van der Waals surface area (Å²) in [4.78, 5) is 10.4. The number of aryl methyl sites for hydroxylation is 1. The highest BCUT2D eigenvalue weighted by atomic mass is 31.2. The molecule has 2 N–H and O–H groups in total. The van der Waals surface area contributed by atoms with Gasteiger partial charge in [0.1, 0.15) is 5.75 Å². The molecule has 148 valence electrons. The summed E-state index contributed by atoms with van der Waals surface area (Å²) in [7, 11) is -4.53. The Morgan fingerprint density at radius 2 is 1.37 bits per heavy atom. The minimum Gasteiger partial charge on any atom is -0.504 e. The van der Waals surface area contributed by atoms with E-state index in [4.69, 9.17) is 9.05 Å². The van der Waals surface area contributed by atoms with Crippen LogP contribution in [0.3, 0.4) is 0 Å². The fourth-order valence-corrected chi connectivity index (χ4v) is 3.65. The minimum absolute atomic E-state index is 0.106. The summed E-state index contributed by atoms with van der Waals surface area (Å²) in [5.74, 6) is 0.0123. The maximum absolute atomic E-state index is 12.7. The van der Waals surface area contributed by atoms with E-state index in [0.29, 0.717) is 5.75 Å². The van der Waals surface area contributed by atoms with Crippen LogP contribution in [0.2, 0.25) is 0 Å². The maximum atomic E-state index is 12.7. The molecule has 0 saturated carbocycles. The largest absolute Gasteiger partial charge is 0.585 e. The molecule has 0 fully saturated rings. The molecular formula is C21H29O5P. The van der Waals surface area contributed by atoms with Gasteiger partial charge in [0.15, 0.2) is 11.5 Å². The van der Waals surface area contributed by atoms with Crippen molar-refractivity contribution in [3.05, 3.63) is 53.1 Å². The second-order valence-corrected chi connectivity index (χ2v) is 10.1. The standard InChI is InChI=1S/C21H29O5P/c1-14-12-15(20(2,3)4)19(16(13-14)21(5,6)7)26-27(23,24)25-18-11-9-8-10-17(18)22/h8-13,22H,1-7H3,(H,23,24). The second-order valence-electron chi connectivity index (χ2n) is 8.81. The van der Waals surface area contributed by atoms with E-state index in [-0.39, 0.29) is 22.3 Å². The van der Waals surface area contributed by atoms with E-state index in [1.54, 1.807) is 12.1 Å². The van der Waals surface area contributed by atoms with Crippen LogP contribution in [0.5, 0.6) is 17.2 Å². The lowest BCUT2D eigenvalue weighted by Crippen LogP contribution is -2.20. The molecule has 2 aromatic carbocycles.